The van der Waals surface area contributed by atoms with E-state index in [0.717, 1.165) is 55.7 Å². The van der Waals surface area contributed by atoms with Crippen LogP contribution in [0.15, 0.2) is 54.6 Å². The number of aromatic nitrogens is 1. The molecular formula is C24H29N3O2. The molecule has 0 spiro atoms. The van der Waals surface area contributed by atoms with Gasteiger partial charge in [-0.05, 0) is 61.7 Å². The second kappa shape index (κ2) is 8.70. The SMILES string of the molecule is COc1ccc(CN2CCC(CN(C)C(=O)c3cc4ccccc4[nH]3)CC2)cc1. The topological polar surface area (TPSA) is 48.6 Å². The van der Waals surface area contributed by atoms with Crippen molar-refractivity contribution < 1.29 is 9.53 Å². The van der Waals surface area contributed by atoms with Crippen molar-refractivity contribution in [3.8, 4) is 5.75 Å². The zero-order valence-corrected chi connectivity index (χ0v) is 17.2. The minimum Gasteiger partial charge on any atom is -0.497 e. The lowest BCUT2D eigenvalue weighted by Gasteiger charge is -2.33. The molecule has 1 aliphatic heterocycles. The van der Waals surface area contributed by atoms with Crippen LogP contribution >= 0.6 is 0 Å². The smallest absolute Gasteiger partial charge is 0.270 e. The Morgan fingerprint density at radius 2 is 1.86 bits per heavy atom. The number of carbonyl (C=O) groups is 1. The summed E-state index contributed by atoms with van der Waals surface area (Å²) in [6.07, 6.45) is 2.25. The van der Waals surface area contributed by atoms with Gasteiger partial charge in [-0.15, -0.1) is 0 Å². The van der Waals surface area contributed by atoms with E-state index in [2.05, 4.69) is 22.0 Å². The molecule has 1 aliphatic rings. The monoisotopic (exact) mass is 391 g/mol. The number of fused-ring (bicyclic) bond motifs is 1. The Hall–Kier alpha value is -2.79. The summed E-state index contributed by atoms with van der Waals surface area (Å²) in [6, 6.07) is 18.3. The number of benzene rings is 2. The molecule has 2 heterocycles. The first-order valence-electron chi connectivity index (χ1n) is 10.3. The number of hydrogen-bond acceptors (Lipinski definition) is 3. The summed E-state index contributed by atoms with van der Waals surface area (Å²) in [7, 11) is 3.61. The molecule has 0 radical (unpaired) electrons. The lowest BCUT2D eigenvalue weighted by atomic mass is 9.96. The van der Waals surface area contributed by atoms with Gasteiger partial charge in [0.1, 0.15) is 11.4 Å². The van der Waals surface area contributed by atoms with Gasteiger partial charge in [0.05, 0.1) is 7.11 Å². The number of methoxy groups -OCH3 is 1. The molecule has 29 heavy (non-hydrogen) atoms. The number of piperidine rings is 1. The lowest BCUT2D eigenvalue weighted by Crippen LogP contribution is -2.39. The molecule has 2 aromatic carbocycles. The summed E-state index contributed by atoms with van der Waals surface area (Å²) in [6.45, 7) is 3.93. The molecule has 5 nitrogen and oxygen atoms in total. The Morgan fingerprint density at radius 3 is 2.55 bits per heavy atom. The summed E-state index contributed by atoms with van der Waals surface area (Å²) in [4.78, 5) is 20.4. The summed E-state index contributed by atoms with van der Waals surface area (Å²) in [5.41, 5.74) is 3.00. The molecule has 0 unspecified atom stereocenters. The highest BCUT2D eigenvalue weighted by Crippen LogP contribution is 2.22. The van der Waals surface area contributed by atoms with Crippen molar-refractivity contribution in [2.45, 2.75) is 19.4 Å². The molecule has 1 amide bonds. The van der Waals surface area contributed by atoms with E-state index in [1.165, 1.54) is 5.56 Å². The van der Waals surface area contributed by atoms with E-state index in [-0.39, 0.29) is 5.91 Å². The standard InChI is InChI=1S/C24H29N3O2/c1-26(24(28)23-15-20-5-3-4-6-22(20)25-23)16-19-11-13-27(14-12-19)17-18-7-9-21(29-2)10-8-18/h3-10,15,19,25H,11-14,16-17H2,1-2H3. The number of carbonyl (C=O) groups excluding carboxylic acids is 1. The molecule has 1 aromatic heterocycles. The largest absolute Gasteiger partial charge is 0.497 e. The minimum atomic E-state index is 0.0712. The molecule has 4 rings (SSSR count). The fourth-order valence-electron chi connectivity index (χ4n) is 4.18. The highest BCUT2D eigenvalue weighted by Gasteiger charge is 2.23. The predicted molar refractivity (Wildman–Crippen MR) is 116 cm³/mol. The lowest BCUT2D eigenvalue weighted by molar-refractivity contribution is 0.0733. The van der Waals surface area contributed by atoms with Gasteiger partial charge in [-0.25, -0.2) is 0 Å². The van der Waals surface area contributed by atoms with Crippen LogP contribution in [-0.2, 0) is 6.54 Å². The van der Waals surface area contributed by atoms with E-state index in [9.17, 15) is 4.79 Å². The van der Waals surface area contributed by atoms with Crippen molar-refractivity contribution >= 4 is 16.8 Å². The third kappa shape index (κ3) is 4.62. The van der Waals surface area contributed by atoms with E-state index in [1.54, 1.807) is 7.11 Å². The number of nitrogens with zero attached hydrogens (tertiary/aromatic N) is 2. The van der Waals surface area contributed by atoms with Crippen LogP contribution in [0.4, 0.5) is 0 Å². The van der Waals surface area contributed by atoms with Crippen LogP contribution < -0.4 is 4.74 Å². The normalized spacial score (nSPS) is 15.5. The molecule has 0 saturated carbocycles. The van der Waals surface area contributed by atoms with Crippen molar-refractivity contribution in [2.75, 3.05) is 33.8 Å². The second-order valence-corrected chi connectivity index (χ2v) is 8.02. The third-order valence-corrected chi connectivity index (χ3v) is 5.91. The molecule has 1 fully saturated rings. The van der Waals surface area contributed by atoms with Crippen LogP contribution in [0.5, 0.6) is 5.75 Å². The summed E-state index contributed by atoms with van der Waals surface area (Å²) in [5, 5.41) is 1.08. The van der Waals surface area contributed by atoms with Crippen LogP contribution in [0.3, 0.4) is 0 Å². The number of para-hydroxylation sites is 1. The molecule has 5 heteroatoms. The van der Waals surface area contributed by atoms with Crippen LogP contribution in [0.25, 0.3) is 10.9 Å². The molecule has 0 bridgehead atoms. The predicted octanol–water partition coefficient (Wildman–Crippen LogP) is 4.16. The second-order valence-electron chi connectivity index (χ2n) is 8.02. The van der Waals surface area contributed by atoms with Gasteiger partial charge in [-0.1, -0.05) is 30.3 Å². The summed E-state index contributed by atoms with van der Waals surface area (Å²) >= 11 is 0. The number of aromatic amines is 1. The number of nitrogens with one attached hydrogen (secondary N) is 1. The number of rotatable bonds is 6. The number of H-pyrrole nitrogens is 1. The van der Waals surface area contributed by atoms with E-state index in [4.69, 9.17) is 4.74 Å². The van der Waals surface area contributed by atoms with Gasteiger partial charge >= 0.3 is 0 Å². The fraction of sp³-hybridized carbons (Fsp3) is 0.375. The van der Waals surface area contributed by atoms with Crippen LogP contribution in [0.1, 0.15) is 28.9 Å². The zero-order valence-electron chi connectivity index (χ0n) is 17.2. The van der Waals surface area contributed by atoms with Crippen molar-refractivity contribution in [2.24, 2.45) is 5.92 Å². The van der Waals surface area contributed by atoms with Gasteiger partial charge in [0.15, 0.2) is 0 Å². The van der Waals surface area contributed by atoms with E-state index in [1.807, 2.05) is 54.4 Å². The maximum atomic E-state index is 12.8. The average molecular weight is 392 g/mol. The van der Waals surface area contributed by atoms with E-state index >= 15 is 0 Å². The maximum absolute atomic E-state index is 12.8. The molecule has 152 valence electrons. The molecular weight excluding hydrogens is 362 g/mol. The first-order chi connectivity index (χ1) is 14.1. The van der Waals surface area contributed by atoms with Gasteiger partial charge in [0.25, 0.3) is 5.91 Å². The summed E-state index contributed by atoms with van der Waals surface area (Å²) in [5.74, 6) is 1.53. The van der Waals surface area contributed by atoms with Gasteiger partial charge in [0, 0.05) is 31.0 Å². The quantitative estimate of drug-likeness (QED) is 0.686. The first-order valence-corrected chi connectivity index (χ1v) is 10.3. The van der Waals surface area contributed by atoms with Gasteiger partial charge in [0.2, 0.25) is 0 Å². The summed E-state index contributed by atoms with van der Waals surface area (Å²) < 4.78 is 5.23. The Labute approximate surface area is 172 Å². The number of hydrogen-bond donors (Lipinski definition) is 1. The first kappa shape index (κ1) is 19.5. The van der Waals surface area contributed by atoms with Crippen molar-refractivity contribution in [1.82, 2.24) is 14.8 Å². The fourth-order valence-corrected chi connectivity index (χ4v) is 4.18. The highest BCUT2D eigenvalue weighted by molar-refractivity contribution is 5.97. The Morgan fingerprint density at radius 1 is 1.14 bits per heavy atom. The molecule has 0 aliphatic carbocycles. The van der Waals surface area contributed by atoms with Crippen molar-refractivity contribution in [3.05, 3.63) is 65.9 Å². The molecule has 1 saturated heterocycles. The minimum absolute atomic E-state index is 0.0712. The number of ether oxygens (including phenoxy) is 1. The zero-order chi connectivity index (χ0) is 20.2. The Balaban J connectivity index is 1.27. The van der Waals surface area contributed by atoms with E-state index < -0.39 is 0 Å². The number of likely N-dealkylation sites (tertiary alicyclic amines) is 1. The number of amides is 1. The van der Waals surface area contributed by atoms with Gasteiger partial charge in [-0.2, -0.15) is 0 Å². The molecule has 1 N–H and O–H groups in total. The highest BCUT2D eigenvalue weighted by atomic mass is 16.5. The van der Waals surface area contributed by atoms with Crippen LogP contribution in [-0.4, -0.2) is 54.5 Å². The van der Waals surface area contributed by atoms with Crippen LogP contribution in [0.2, 0.25) is 0 Å². The molecule has 0 atom stereocenters. The third-order valence-electron chi connectivity index (χ3n) is 5.91. The van der Waals surface area contributed by atoms with Crippen molar-refractivity contribution in [3.63, 3.8) is 0 Å². The van der Waals surface area contributed by atoms with Crippen molar-refractivity contribution in [1.29, 1.82) is 0 Å². The average Bonchev–Trinajstić information content (AvgIpc) is 3.19. The van der Waals surface area contributed by atoms with Gasteiger partial charge in [-0.3, -0.25) is 9.69 Å². The molecule has 3 aromatic rings. The van der Waals surface area contributed by atoms with E-state index in [0.29, 0.717) is 11.6 Å². The maximum Gasteiger partial charge on any atom is 0.270 e. The van der Waals surface area contributed by atoms with Crippen LogP contribution in [0, 0.1) is 5.92 Å². The Bertz CT molecular complexity index is 923. The Kier molecular flexibility index (Phi) is 5.86. The van der Waals surface area contributed by atoms with Gasteiger partial charge < -0.3 is 14.6 Å².